The number of hydrogen-bond acceptors (Lipinski definition) is 3. The minimum atomic E-state index is -0.723. The van der Waals surface area contributed by atoms with Gasteiger partial charge in [-0.2, -0.15) is 0 Å². The number of carbonyl (C=O) groups excluding carboxylic acids is 2. The third-order valence-corrected chi connectivity index (χ3v) is 3.44. The first-order valence-electron chi connectivity index (χ1n) is 7.52. The van der Waals surface area contributed by atoms with Gasteiger partial charge in [-0.1, -0.05) is 30.3 Å². The Bertz CT molecular complexity index is 702. The number of amides is 2. The molecule has 0 saturated carbocycles. The summed E-state index contributed by atoms with van der Waals surface area (Å²) >= 11 is 0. The summed E-state index contributed by atoms with van der Waals surface area (Å²) in [5.41, 5.74) is 1.67. The first-order chi connectivity index (χ1) is 11.6. The third kappa shape index (κ3) is 5.08. The predicted octanol–water partition coefficient (Wildman–Crippen LogP) is 1.81. The molecule has 2 aromatic carbocycles. The van der Waals surface area contributed by atoms with Gasteiger partial charge in [-0.25, -0.2) is 4.39 Å². The Hall–Kier alpha value is -2.89. The number of carbonyl (C=O) groups is 2. The largest absolute Gasteiger partial charge is 0.496 e. The Morgan fingerprint density at radius 3 is 2.38 bits per heavy atom. The molecule has 0 aromatic heterocycles. The molecule has 2 amide bonds. The van der Waals surface area contributed by atoms with Crippen LogP contribution in [0.1, 0.15) is 11.1 Å². The van der Waals surface area contributed by atoms with Gasteiger partial charge in [0.05, 0.1) is 7.11 Å². The molecule has 2 aromatic rings. The summed E-state index contributed by atoms with van der Waals surface area (Å²) in [4.78, 5) is 23.5. The van der Waals surface area contributed by atoms with Gasteiger partial charge in [-0.15, -0.1) is 0 Å². The number of nitrogens with one attached hydrogen (secondary N) is 2. The fourth-order valence-electron chi connectivity index (χ4n) is 2.17. The lowest BCUT2D eigenvalue weighted by atomic mass is 10.1. The SMILES string of the molecule is COc1ccccc1CCNC(=O)C(=O)NCc1ccc(F)cc1. The van der Waals surface area contributed by atoms with Crippen LogP contribution in [0.5, 0.6) is 5.75 Å². The van der Waals surface area contributed by atoms with Crippen LogP contribution in [0.2, 0.25) is 0 Å². The molecule has 0 fully saturated rings. The van der Waals surface area contributed by atoms with Gasteiger partial charge in [0, 0.05) is 13.1 Å². The third-order valence-electron chi connectivity index (χ3n) is 3.44. The molecule has 0 bridgehead atoms. The van der Waals surface area contributed by atoms with Crippen molar-refractivity contribution in [3.8, 4) is 5.75 Å². The molecule has 126 valence electrons. The molecule has 0 aliphatic heterocycles. The van der Waals surface area contributed by atoms with E-state index in [-0.39, 0.29) is 12.4 Å². The molecule has 0 unspecified atom stereocenters. The second-order valence-corrected chi connectivity index (χ2v) is 5.13. The minimum absolute atomic E-state index is 0.166. The standard InChI is InChI=1S/C18H19FN2O3/c1-24-16-5-3-2-4-14(16)10-11-20-17(22)18(23)21-12-13-6-8-15(19)9-7-13/h2-9H,10-12H2,1H3,(H,20,22)(H,21,23). The molecule has 0 heterocycles. The number of methoxy groups -OCH3 is 1. The molecule has 5 nitrogen and oxygen atoms in total. The second-order valence-electron chi connectivity index (χ2n) is 5.13. The summed E-state index contributed by atoms with van der Waals surface area (Å²) in [5, 5.41) is 5.05. The number of benzene rings is 2. The van der Waals surface area contributed by atoms with Crippen LogP contribution < -0.4 is 15.4 Å². The summed E-state index contributed by atoms with van der Waals surface area (Å²) in [5.74, 6) is -1.03. The lowest BCUT2D eigenvalue weighted by Gasteiger charge is -2.09. The Balaban J connectivity index is 1.75. The normalized spacial score (nSPS) is 10.1. The van der Waals surface area contributed by atoms with Crippen LogP contribution in [-0.2, 0) is 22.6 Å². The van der Waals surface area contributed by atoms with Crippen molar-refractivity contribution in [2.45, 2.75) is 13.0 Å². The molecule has 2 rings (SSSR count). The van der Waals surface area contributed by atoms with Gasteiger partial charge in [0.2, 0.25) is 0 Å². The highest BCUT2D eigenvalue weighted by Gasteiger charge is 2.12. The molecule has 0 saturated heterocycles. The first kappa shape index (κ1) is 17.5. The summed E-state index contributed by atoms with van der Waals surface area (Å²) in [6, 6.07) is 13.2. The summed E-state index contributed by atoms with van der Waals surface area (Å²) in [7, 11) is 1.58. The quantitative estimate of drug-likeness (QED) is 0.794. The molecular formula is C18H19FN2O3. The highest BCUT2D eigenvalue weighted by molar-refractivity contribution is 6.35. The highest BCUT2D eigenvalue weighted by atomic mass is 19.1. The van der Waals surface area contributed by atoms with Crippen LogP contribution in [0.4, 0.5) is 4.39 Å². The summed E-state index contributed by atoms with van der Waals surface area (Å²) < 4.78 is 18.0. The predicted molar refractivity (Wildman–Crippen MR) is 88.0 cm³/mol. The Kier molecular flexibility index (Phi) is 6.31. The summed E-state index contributed by atoms with van der Waals surface area (Å²) in [6.07, 6.45) is 0.557. The topological polar surface area (TPSA) is 67.4 Å². The second kappa shape index (κ2) is 8.67. The van der Waals surface area contributed by atoms with Crippen molar-refractivity contribution in [2.75, 3.05) is 13.7 Å². The minimum Gasteiger partial charge on any atom is -0.496 e. The number of halogens is 1. The first-order valence-corrected chi connectivity index (χ1v) is 7.52. The maximum Gasteiger partial charge on any atom is 0.309 e. The van der Waals surface area contributed by atoms with Crippen LogP contribution in [0.25, 0.3) is 0 Å². The van der Waals surface area contributed by atoms with Gasteiger partial charge >= 0.3 is 11.8 Å². The molecule has 0 spiro atoms. The van der Waals surface area contributed by atoms with Crippen molar-refractivity contribution in [1.29, 1.82) is 0 Å². The Labute approximate surface area is 139 Å². The number of rotatable bonds is 6. The molecule has 0 atom stereocenters. The van der Waals surface area contributed by atoms with Crippen molar-refractivity contribution >= 4 is 11.8 Å². The fourth-order valence-corrected chi connectivity index (χ4v) is 2.17. The van der Waals surface area contributed by atoms with E-state index in [0.29, 0.717) is 18.5 Å². The van der Waals surface area contributed by atoms with Crippen LogP contribution in [0.3, 0.4) is 0 Å². The van der Waals surface area contributed by atoms with Gasteiger partial charge in [0.1, 0.15) is 11.6 Å². The van der Waals surface area contributed by atoms with E-state index in [9.17, 15) is 14.0 Å². The molecule has 0 aliphatic rings. The molecule has 2 N–H and O–H groups in total. The fraction of sp³-hybridized carbons (Fsp3) is 0.222. The van der Waals surface area contributed by atoms with Crippen LogP contribution in [0.15, 0.2) is 48.5 Å². The van der Waals surface area contributed by atoms with E-state index in [1.54, 1.807) is 19.2 Å². The van der Waals surface area contributed by atoms with Gasteiger partial charge in [-0.05, 0) is 35.7 Å². The molecule has 6 heteroatoms. The molecular weight excluding hydrogens is 311 g/mol. The zero-order chi connectivity index (χ0) is 17.4. The monoisotopic (exact) mass is 330 g/mol. The van der Waals surface area contributed by atoms with Crippen molar-refractivity contribution in [3.63, 3.8) is 0 Å². The van der Waals surface area contributed by atoms with E-state index in [4.69, 9.17) is 4.74 Å². The van der Waals surface area contributed by atoms with Crippen molar-refractivity contribution in [1.82, 2.24) is 10.6 Å². The lowest BCUT2D eigenvalue weighted by molar-refractivity contribution is -0.139. The average molecular weight is 330 g/mol. The van der Waals surface area contributed by atoms with Crippen molar-refractivity contribution < 1.29 is 18.7 Å². The van der Waals surface area contributed by atoms with E-state index >= 15 is 0 Å². The maximum atomic E-state index is 12.8. The number of ether oxygens (including phenoxy) is 1. The van der Waals surface area contributed by atoms with Crippen molar-refractivity contribution in [2.24, 2.45) is 0 Å². The Morgan fingerprint density at radius 2 is 1.67 bits per heavy atom. The summed E-state index contributed by atoms with van der Waals surface area (Å²) in [6.45, 7) is 0.488. The smallest absolute Gasteiger partial charge is 0.309 e. The number of para-hydroxylation sites is 1. The van der Waals surface area contributed by atoms with Gasteiger partial charge in [0.15, 0.2) is 0 Å². The lowest BCUT2D eigenvalue weighted by Crippen LogP contribution is -2.40. The van der Waals surface area contributed by atoms with Gasteiger partial charge < -0.3 is 15.4 Å². The van der Waals surface area contributed by atoms with E-state index in [0.717, 1.165) is 11.3 Å². The van der Waals surface area contributed by atoms with Crippen molar-refractivity contribution in [3.05, 3.63) is 65.5 Å². The number of hydrogen-bond donors (Lipinski definition) is 2. The van der Waals surface area contributed by atoms with Crippen LogP contribution in [-0.4, -0.2) is 25.5 Å². The van der Waals surface area contributed by atoms with Gasteiger partial charge in [0.25, 0.3) is 0 Å². The van der Waals surface area contributed by atoms with E-state index in [1.165, 1.54) is 12.1 Å². The molecule has 24 heavy (non-hydrogen) atoms. The van der Waals surface area contributed by atoms with E-state index < -0.39 is 11.8 Å². The van der Waals surface area contributed by atoms with Crippen LogP contribution in [0, 0.1) is 5.82 Å². The molecule has 0 aliphatic carbocycles. The average Bonchev–Trinajstić information content (AvgIpc) is 2.61. The highest BCUT2D eigenvalue weighted by Crippen LogP contribution is 2.17. The molecule has 0 radical (unpaired) electrons. The zero-order valence-electron chi connectivity index (χ0n) is 13.3. The zero-order valence-corrected chi connectivity index (χ0v) is 13.3. The van der Waals surface area contributed by atoms with Gasteiger partial charge in [-0.3, -0.25) is 9.59 Å². The van der Waals surface area contributed by atoms with E-state index in [1.807, 2.05) is 24.3 Å². The van der Waals surface area contributed by atoms with Crippen LogP contribution >= 0.6 is 0 Å². The van der Waals surface area contributed by atoms with E-state index in [2.05, 4.69) is 10.6 Å². The Morgan fingerprint density at radius 1 is 1.00 bits per heavy atom. The maximum absolute atomic E-state index is 12.8.